The third kappa shape index (κ3) is 2.70. The fourth-order valence-corrected chi connectivity index (χ4v) is 2.06. The number of carbonyl (C=O) groups is 2. The molecule has 0 aromatic heterocycles. The van der Waals surface area contributed by atoms with Gasteiger partial charge in [-0.2, -0.15) is 0 Å². The van der Waals surface area contributed by atoms with Gasteiger partial charge in [0.25, 0.3) is 0 Å². The topological polar surface area (TPSA) is 49.4 Å². The van der Waals surface area contributed by atoms with Crippen molar-refractivity contribution in [1.82, 2.24) is 10.2 Å². The molecule has 0 aromatic rings. The molecule has 0 aliphatic carbocycles. The van der Waals surface area contributed by atoms with Crippen molar-refractivity contribution in [3.05, 3.63) is 0 Å². The van der Waals surface area contributed by atoms with E-state index in [0.717, 1.165) is 12.8 Å². The lowest BCUT2D eigenvalue weighted by molar-refractivity contribution is -0.134. The molecular weight excluding hydrogens is 192 g/mol. The number of nitrogens with zero attached hydrogens (tertiary/aromatic N) is 1. The molecule has 86 valence electrons. The van der Waals surface area contributed by atoms with Crippen molar-refractivity contribution in [3.8, 4) is 0 Å². The predicted octanol–water partition coefficient (Wildman–Crippen LogP) is 0.912. The van der Waals surface area contributed by atoms with Crippen LogP contribution in [0.25, 0.3) is 0 Å². The van der Waals surface area contributed by atoms with Gasteiger partial charge in [-0.1, -0.05) is 13.3 Å². The lowest BCUT2D eigenvalue weighted by atomic mass is 10.1. The van der Waals surface area contributed by atoms with Gasteiger partial charge in [0.15, 0.2) is 0 Å². The van der Waals surface area contributed by atoms with Crippen LogP contribution in [0, 0.1) is 0 Å². The Hall–Kier alpha value is -1.06. The highest BCUT2D eigenvalue weighted by molar-refractivity contribution is 5.90. The van der Waals surface area contributed by atoms with Crippen molar-refractivity contribution >= 4 is 11.8 Å². The number of carbonyl (C=O) groups excluding carboxylic acids is 2. The molecule has 2 amide bonds. The SMILES string of the molecule is CCCC1NC(=O)CC(C)N(CC)C1=O. The number of nitrogens with one attached hydrogen (secondary N) is 1. The van der Waals surface area contributed by atoms with Crippen LogP contribution in [0.2, 0.25) is 0 Å². The van der Waals surface area contributed by atoms with Gasteiger partial charge >= 0.3 is 0 Å². The first-order valence-corrected chi connectivity index (χ1v) is 5.70. The summed E-state index contributed by atoms with van der Waals surface area (Å²) in [7, 11) is 0. The van der Waals surface area contributed by atoms with Crippen LogP contribution in [-0.4, -0.2) is 35.3 Å². The minimum Gasteiger partial charge on any atom is -0.344 e. The zero-order valence-electron chi connectivity index (χ0n) is 9.75. The van der Waals surface area contributed by atoms with E-state index in [-0.39, 0.29) is 23.9 Å². The van der Waals surface area contributed by atoms with Crippen LogP contribution in [0.1, 0.15) is 40.0 Å². The van der Waals surface area contributed by atoms with Crippen LogP contribution in [0.4, 0.5) is 0 Å². The van der Waals surface area contributed by atoms with Gasteiger partial charge in [0.05, 0.1) is 0 Å². The first kappa shape index (κ1) is 12.0. The lowest BCUT2D eigenvalue weighted by Gasteiger charge is -2.27. The fraction of sp³-hybridized carbons (Fsp3) is 0.818. The van der Waals surface area contributed by atoms with Crippen LogP contribution >= 0.6 is 0 Å². The Bertz CT molecular complexity index is 253. The molecule has 0 saturated carbocycles. The standard InChI is InChI=1S/C11H20N2O2/c1-4-6-9-11(15)13(5-2)8(3)7-10(14)12-9/h8-9H,4-7H2,1-3H3,(H,12,14). The highest BCUT2D eigenvalue weighted by atomic mass is 16.2. The molecule has 0 radical (unpaired) electrons. The van der Waals surface area contributed by atoms with E-state index in [0.29, 0.717) is 13.0 Å². The Labute approximate surface area is 91.0 Å². The predicted molar refractivity (Wildman–Crippen MR) is 58.3 cm³/mol. The monoisotopic (exact) mass is 212 g/mol. The molecule has 4 heteroatoms. The van der Waals surface area contributed by atoms with Gasteiger partial charge in [0, 0.05) is 19.0 Å². The van der Waals surface area contributed by atoms with E-state index >= 15 is 0 Å². The number of hydrogen-bond donors (Lipinski definition) is 1. The van der Waals surface area contributed by atoms with Crippen LogP contribution < -0.4 is 5.32 Å². The first-order valence-electron chi connectivity index (χ1n) is 5.70. The van der Waals surface area contributed by atoms with Crippen LogP contribution in [-0.2, 0) is 9.59 Å². The Balaban J connectivity index is 2.82. The molecule has 1 aliphatic rings. The zero-order chi connectivity index (χ0) is 11.4. The maximum Gasteiger partial charge on any atom is 0.245 e. The molecule has 2 atom stereocenters. The normalized spacial score (nSPS) is 27.5. The summed E-state index contributed by atoms with van der Waals surface area (Å²) in [6.45, 7) is 6.57. The third-order valence-corrected chi connectivity index (χ3v) is 2.85. The molecule has 1 aliphatic heterocycles. The lowest BCUT2D eigenvalue weighted by Crippen LogP contribution is -2.46. The highest BCUT2D eigenvalue weighted by Gasteiger charge is 2.32. The number of amides is 2. The molecule has 0 aromatic carbocycles. The molecule has 1 heterocycles. The molecule has 2 unspecified atom stereocenters. The van der Waals surface area contributed by atoms with Crippen LogP contribution in [0.15, 0.2) is 0 Å². The second-order valence-corrected chi connectivity index (χ2v) is 4.09. The molecular formula is C11H20N2O2. The third-order valence-electron chi connectivity index (χ3n) is 2.85. The summed E-state index contributed by atoms with van der Waals surface area (Å²) in [6, 6.07) is -0.295. The van der Waals surface area contributed by atoms with Gasteiger partial charge in [-0.15, -0.1) is 0 Å². The summed E-state index contributed by atoms with van der Waals surface area (Å²) in [4.78, 5) is 25.3. The van der Waals surface area contributed by atoms with Crippen LogP contribution in [0.5, 0.6) is 0 Å². The highest BCUT2D eigenvalue weighted by Crippen LogP contribution is 2.13. The second-order valence-electron chi connectivity index (χ2n) is 4.09. The summed E-state index contributed by atoms with van der Waals surface area (Å²) >= 11 is 0. The van der Waals surface area contributed by atoms with Crippen molar-refractivity contribution in [2.45, 2.75) is 52.1 Å². The number of likely N-dealkylation sites (N-methyl/N-ethyl adjacent to an activating group) is 1. The second kappa shape index (κ2) is 5.14. The maximum atomic E-state index is 12.0. The fourth-order valence-electron chi connectivity index (χ4n) is 2.06. The first-order chi connectivity index (χ1) is 7.10. The van der Waals surface area contributed by atoms with Gasteiger partial charge in [-0.3, -0.25) is 9.59 Å². The largest absolute Gasteiger partial charge is 0.344 e. The minimum atomic E-state index is -0.313. The summed E-state index contributed by atoms with van der Waals surface area (Å²) in [5.41, 5.74) is 0. The summed E-state index contributed by atoms with van der Waals surface area (Å²) < 4.78 is 0. The summed E-state index contributed by atoms with van der Waals surface area (Å²) in [5.74, 6) is 0.0583. The maximum absolute atomic E-state index is 12.0. The minimum absolute atomic E-state index is 0.00903. The van der Waals surface area contributed by atoms with E-state index in [9.17, 15) is 9.59 Å². The molecule has 15 heavy (non-hydrogen) atoms. The average molecular weight is 212 g/mol. The molecule has 1 rings (SSSR count). The smallest absolute Gasteiger partial charge is 0.245 e. The van der Waals surface area contributed by atoms with Crippen molar-refractivity contribution in [1.29, 1.82) is 0 Å². The van der Waals surface area contributed by atoms with Crippen molar-refractivity contribution in [3.63, 3.8) is 0 Å². The molecule has 1 N–H and O–H groups in total. The van der Waals surface area contributed by atoms with Crippen molar-refractivity contribution in [2.75, 3.05) is 6.54 Å². The average Bonchev–Trinajstić information content (AvgIpc) is 2.26. The summed E-state index contributed by atoms with van der Waals surface area (Å²) in [5, 5.41) is 2.79. The molecule has 1 fully saturated rings. The van der Waals surface area contributed by atoms with E-state index in [4.69, 9.17) is 0 Å². The van der Waals surface area contributed by atoms with Gasteiger partial charge in [-0.25, -0.2) is 0 Å². The molecule has 4 nitrogen and oxygen atoms in total. The van der Waals surface area contributed by atoms with E-state index < -0.39 is 0 Å². The summed E-state index contributed by atoms with van der Waals surface area (Å²) in [6.07, 6.45) is 2.05. The van der Waals surface area contributed by atoms with E-state index in [1.165, 1.54) is 0 Å². The van der Waals surface area contributed by atoms with Gasteiger partial charge in [0.2, 0.25) is 11.8 Å². The zero-order valence-corrected chi connectivity index (χ0v) is 9.75. The molecule has 0 spiro atoms. The molecule has 0 bridgehead atoms. The van der Waals surface area contributed by atoms with Crippen molar-refractivity contribution in [2.24, 2.45) is 0 Å². The number of rotatable bonds is 3. The van der Waals surface area contributed by atoms with E-state index in [1.54, 1.807) is 4.90 Å². The number of hydrogen-bond acceptors (Lipinski definition) is 2. The Morgan fingerprint density at radius 1 is 1.40 bits per heavy atom. The Kier molecular flexibility index (Phi) is 4.12. The Morgan fingerprint density at radius 3 is 2.60 bits per heavy atom. The van der Waals surface area contributed by atoms with Gasteiger partial charge in [-0.05, 0) is 20.3 Å². The van der Waals surface area contributed by atoms with E-state index in [2.05, 4.69) is 5.32 Å². The molecule has 1 saturated heterocycles. The quantitative estimate of drug-likeness (QED) is 0.756. The van der Waals surface area contributed by atoms with E-state index in [1.807, 2.05) is 20.8 Å². The Morgan fingerprint density at radius 2 is 2.07 bits per heavy atom. The van der Waals surface area contributed by atoms with Gasteiger partial charge in [0.1, 0.15) is 6.04 Å². The van der Waals surface area contributed by atoms with Crippen molar-refractivity contribution < 1.29 is 9.59 Å². The van der Waals surface area contributed by atoms with Crippen LogP contribution in [0.3, 0.4) is 0 Å². The van der Waals surface area contributed by atoms with Gasteiger partial charge < -0.3 is 10.2 Å².